The van der Waals surface area contributed by atoms with Crippen molar-refractivity contribution >= 4 is 0 Å². The first-order valence-electron chi connectivity index (χ1n) is 9.12. The zero-order chi connectivity index (χ0) is 14.9. The summed E-state index contributed by atoms with van der Waals surface area (Å²) in [5.74, 6) is 0.467. The summed E-state index contributed by atoms with van der Waals surface area (Å²) in [5.41, 5.74) is 0. The highest BCUT2D eigenvalue weighted by molar-refractivity contribution is 4.54. The molecule has 2 nitrogen and oxygen atoms in total. The van der Waals surface area contributed by atoms with Gasteiger partial charge in [-0.3, -0.25) is 0 Å². The lowest BCUT2D eigenvalue weighted by atomic mass is 10.1. The molecule has 0 heterocycles. The lowest BCUT2D eigenvalue weighted by Gasteiger charge is -2.08. The van der Waals surface area contributed by atoms with E-state index < -0.39 is 0 Å². The average Bonchev–Trinajstić information content (AvgIpc) is 2.47. The van der Waals surface area contributed by atoms with Gasteiger partial charge in [0.05, 0.1) is 0 Å². The quantitative estimate of drug-likeness (QED) is 0.395. The van der Waals surface area contributed by atoms with Crippen molar-refractivity contribution in [2.24, 2.45) is 5.92 Å². The van der Waals surface area contributed by atoms with E-state index in [9.17, 15) is 0 Å². The van der Waals surface area contributed by atoms with Gasteiger partial charge in [-0.2, -0.15) is 0 Å². The highest BCUT2D eigenvalue weighted by Crippen LogP contribution is 2.10. The van der Waals surface area contributed by atoms with Crippen LogP contribution < -0.4 is 5.32 Å². The maximum Gasteiger partial charge on any atom is 0.0456 e. The molecule has 122 valence electrons. The van der Waals surface area contributed by atoms with Crippen LogP contribution in [0.2, 0.25) is 0 Å². The molecule has 2 heteroatoms. The third-order valence-electron chi connectivity index (χ3n) is 4.07. The fraction of sp³-hybridized carbons (Fsp3) is 1.00. The molecule has 0 aliphatic heterocycles. The van der Waals surface area contributed by atoms with Crippen molar-refractivity contribution in [2.45, 2.75) is 90.9 Å². The molecule has 20 heavy (non-hydrogen) atoms. The molecule has 0 bridgehead atoms. The molecule has 1 unspecified atom stereocenters. The summed E-state index contributed by atoms with van der Waals surface area (Å²) in [5, 5.41) is 12.4. The average molecular weight is 286 g/mol. The van der Waals surface area contributed by atoms with Gasteiger partial charge in [0.25, 0.3) is 0 Å². The molecule has 2 N–H and O–H groups in total. The van der Waals surface area contributed by atoms with E-state index in [-0.39, 0.29) is 0 Å². The smallest absolute Gasteiger partial charge is 0.0456 e. The van der Waals surface area contributed by atoms with Gasteiger partial charge < -0.3 is 10.4 Å². The van der Waals surface area contributed by atoms with Gasteiger partial charge in [0.1, 0.15) is 0 Å². The van der Waals surface area contributed by atoms with Gasteiger partial charge in [-0.05, 0) is 38.3 Å². The molecular weight excluding hydrogens is 246 g/mol. The lowest BCUT2D eigenvalue weighted by molar-refractivity contribution is 0.228. The van der Waals surface area contributed by atoms with Gasteiger partial charge >= 0.3 is 0 Å². The molecule has 0 aromatic carbocycles. The van der Waals surface area contributed by atoms with Crippen LogP contribution in [0.1, 0.15) is 90.9 Å². The summed E-state index contributed by atoms with van der Waals surface area (Å²) < 4.78 is 0. The molecule has 0 fully saturated rings. The number of aliphatic hydroxyl groups excluding tert-OH is 1. The van der Waals surface area contributed by atoms with Crippen molar-refractivity contribution in [1.29, 1.82) is 0 Å². The van der Waals surface area contributed by atoms with E-state index in [2.05, 4.69) is 19.2 Å². The summed E-state index contributed by atoms with van der Waals surface area (Å²) in [6.07, 6.45) is 16.4. The molecule has 0 aromatic heterocycles. The first-order valence-corrected chi connectivity index (χ1v) is 9.12. The maximum absolute atomic E-state index is 8.92. The molecule has 1 atom stereocenters. The van der Waals surface area contributed by atoms with E-state index in [1.165, 1.54) is 77.2 Å². The van der Waals surface area contributed by atoms with Gasteiger partial charge in [0.2, 0.25) is 0 Å². The Balaban J connectivity index is 2.96. The molecule has 0 aliphatic carbocycles. The van der Waals surface area contributed by atoms with Crippen LogP contribution in [0.5, 0.6) is 0 Å². The molecule has 0 aromatic rings. The van der Waals surface area contributed by atoms with Crippen molar-refractivity contribution in [3.8, 4) is 0 Å². The second-order valence-corrected chi connectivity index (χ2v) is 6.36. The SMILES string of the molecule is CCCCCCCCCCCCNCCCC(C)CO. The third kappa shape index (κ3) is 16.0. The summed E-state index contributed by atoms with van der Waals surface area (Å²) >= 11 is 0. The van der Waals surface area contributed by atoms with Crippen molar-refractivity contribution in [3.63, 3.8) is 0 Å². The Morgan fingerprint density at radius 3 is 1.80 bits per heavy atom. The Kier molecular flexibility index (Phi) is 16.9. The van der Waals surface area contributed by atoms with Gasteiger partial charge in [-0.25, -0.2) is 0 Å². The zero-order valence-corrected chi connectivity index (χ0v) is 14.1. The minimum absolute atomic E-state index is 0.332. The molecule has 0 rings (SSSR count). The van der Waals surface area contributed by atoms with Crippen LogP contribution in [-0.4, -0.2) is 24.8 Å². The second kappa shape index (κ2) is 17.0. The Labute approximate surface area is 127 Å². The van der Waals surface area contributed by atoms with E-state index in [0.717, 1.165) is 13.0 Å². The number of hydrogen-bond acceptors (Lipinski definition) is 2. The monoisotopic (exact) mass is 285 g/mol. The minimum Gasteiger partial charge on any atom is -0.396 e. The first-order chi connectivity index (χ1) is 9.81. The fourth-order valence-electron chi connectivity index (χ4n) is 2.53. The number of hydrogen-bond donors (Lipinski definition) is 2. The third-order valence-corrected chi connectivity index (χ3v) is 4.07. The van der Waals surface area contributed by atoms with E-state index in [1.54, 1.807) is 0 Å². The van der Waals surface area contributed by atoms with Crippen LogP contribution in [0.25, 0.3) is 0 Å². The van der Waals surface area contributed by atoms with E-state index in [0.29, 0.717) is 12.5 Å². The molecule has 0 saturated carbocycles. The Morgan fingerprint density at radius 2 is 1.25 bits per heavy atom. The Morgan fingerprint density at radius 1 is 0.750 bits per heavy atom. The van der Waals surface area contributed by atoms with Crippen LogP contribution in [-0.2, 0) is 0 Å². The molecule has 0 saturated heterocycles. The van der Waals surface area contributed by atoms with E-state index in [4.69, 9.17) is 5.11 Å². The van der Waals surface area contributed by atoms with E-state index in [1.807, 2.05) is 0 Å². The molecule has 0 amide bonds. The van der Waals surface area contributed by atoms with Gasteiger partial charge in [0.15, 0.2) is 0 Å². The van der Waals surface area contributed by atoms with Crippen molar-refractivity contribution in [3.05, 3.63) is 0 Å². The number of nitrogens with one attached hydrogen (secondary N) is 1. The maximum atomic E-state index is 8.92. The highest BCUT2D eigenvalue weighted by atomic mass is 16.3. The fourth-order valence-corrected chi connectivity index (χ4v) is 2.53. The Hall–Kier alpha value is -0.0800. The molecular formula is C18H39NO. The number of unbranched alkanes of at least 4 members (excludes halogenated alkanes) is 9. The normalized spacial score (nSPS) is 12.8. The van der Waals surface area contributed by atoms with Crippen molar-refractivity contribution in [2.75, 3.05) is 19.7 Å². The first kappa shape index (κ1) is 19.9. The molecule has 0 spiro atoms. The molecule has 0 aliphatic rings. The summed E-state index contributed by atoms with van der Waals surface area (Å²) in [4.78, 5) is 0. The predicted octanol–water partition coefficient (Wildman–Crippen LogP) is 4.91. The second-order valence-electron chi connectivity index (χ2n) is 6.36. The van der Waals surface area contributed by atoms with Gasteiger partial charge in [-0.15, -0.1) is 0 Å². The zero-order valence-electron chi connectivity index (χ0n) is 14.1. The van der Waals surface area contributed by atoms with Crippen LogP contribution in [0.4, 0.5) is 0 Å². The Bertz CT molecular complexity index is 173. The highest BCUT2D eigenvalue weighted by Gasteiger charge is 1.98. The van der Waals surface area contributed by atoms with Crippen LogP contribution in [0.3, 0.4) is 0 Å². The number of aliphatic hydroxyl groups is 1. The van der Waals surface area contributed by atoms with Gasteiger partial charge in [-0.1, -0.05) is 71.6 Å². The lowest BCUT2D eigenvalue weighted by Crippen LogP contribution is -2.17. The van der Waals surface area contributed by atoms with Gasteiger partial charge in [0, 0.05) is 6.61 Å². The van der Waals surface area contributed by atoms with E-state index >= 15 is 0 Å². The topological polar surface area (TPSA) is 32.3 Å². The largest absolute Gasteiger partial charge is 0.396 e. The van der Waals surface area contributed by atoms with Crippen LogP contribution in [0.15, 0.2) is 0 Å². The minimum atomic E-state index is 0.332. The summed E-state index contributed by atoms with van der Waals surface area (Å²) in [6.45, 7) is 7.01. The summed E-state index contributed by atoms with van der Waals surface area (Å²) in [7, 11) is 0. The van der Waals surface area contributed by atoms with Crippen molar-refractivity contribution in [1.82, 2.24) is 5.32 Å². The standard InChI is InChI=1S/C18H39NO/c1-3-4-5-6-7-8-9-10-11-12-15-19-16-13-14-18(2)17-20/h18-20H,3-17H2,1-2H3. The summed E-state index contributed by atoms with van der Waals surface area (Å²) in [6, 6.07) is 0. The van der Waals surface area contributed by atoms with Crippen LogP contribution >= 0.6 is 0 Å². The van der Waals surface area contributed by atoms with Crippen molar-refractivity contribution < 1.29 is 5.11 Å². The predicted molar refractivity (Wildman–Crippen MR) is 90.2 cm³/mol. The number of rotatable bonds is 16. The van der Waals surface area contributed by atoms with Crippen LogP contribution in [0, 0.1) is 5.92 Å². The molecule has 0 radical (unpaired) electrons.